The molecule has 2 atom stereocenters. The molecule has 74 valence electrons. The van der Waals surface area contributed by atoms with Crippen molar-refractivity contribution in [3.8, 4) is 0 Å². The lowest BCUT2D eigenvalue weighted by atomic mass is 9.99. The van der Waals surface area contributed by atoms with Gasteiger partial charge in [0.1, 0.15) is 6.10 Å². The summed E-state index contributed by atoms with van der Waals surface area (Å²) in [4.78, 5) is 0.966. The Morgan fingerprint density at radius 1 is 1.54 bits per heavy atom. The molecule has 3 N–H and O–H groups in total. The zero-order chi connectivity index (χ0) is 9.84. The van der Waals surface area contributed by atoms with Gasteiger partial charge in [-0.3, -0.25) is 0 Å². The van der Waals surface area contributed by atoms with E-state index in [-0.39, 0.29) is 6.04 Å². The van der Waals surface area contributed by atoms with Crippen molar-refractivity contribution in [3.05, 3.63) is 22.4 Å². The Bertz CT molecular complexity index is 233. The van der Waals surface area contributed by atoms with E-state index in [0.717, 1.165) is 11.3 Å². The molecule has 1 heterocycles. The van der Waals surface area contributed by atoms with E-state index >= 15 is 0 Å². The maximum Gasteiger partial charge on any atom is 0.103 e. The van der Waals surface area contributed by atoms with E-state index < -0.39 is 6.10 Å². The van der Waals surface area contributed by atoms with Crippen LogP contribution < -0.4 is 5.73 Å². The highest BCUT2D eigenvalue weighted by Crippen LogP contribution is 2.23. The zero-order valence-electron chi connectivity index (χ0n) is 8.10. The van der Waals surface area contributed by atoms with Gasteiger partial charge in [-0.05, 0) is 23.8 Å². The van der Waals surface area contributed by atoms with Crippen molar-refractivity contribution in [2.75, 3.05) is 0 Å². The smallest absolute Gasteiger partial charge is 0.103 e. The second-order valence-electron chi connectivity index (χ2n) is 3.75. The average molecular weight is 199 g/mol. The maximum absolute atomic E-state index is 9.81. The summed E-state index contributed by atoms with van der Waals surface area (Å²) in [6.45, 7) is 4.22. The molecule has 0 aromatic carbocycles. The van der Waals surface area contributed by atoms with E-state index in [1.807, 2.05) is 17.5 Å². The van der Waals surface area contributed by atoms with Gasteiger partial charge in [0.15, 0.2) is 0 Å². The van der Waals surface area contributed by atoms with Crippen LogP contribution in [0, 0.1) is 5.92 Å². The lowest BCUT2D eigenvalue weighted by molar-refractivity contribution is 0.139. The van der Waals surface area contributed by atoms with E-state index in [1.165, 1.54) is 0 Å². The van der Waals surface area contributed by atoms with Crippen molar-refractivity contribution in [2.24, 2.45) is 11.7 Å². The number of hydrogen-bond donors (Lipinski definition) is 2. The van der Waals surface area contributed by atoms with E-state index in [1.54, 1.807) is 11.3 Å². The van der Waals surface area contributed by atoms with Crippen molar-refractivity contribution >= 4 is 11.3 Å². The van der Waals surface area contributed by atoms with Crippen molar-refractivity contribution in [1.82, 2.24) is 0 Å². The Kier molecular flexibility index (Phi) is 3.90. The third-order valence-corrected chi connectivity index (χ3v) is 2.93. The number of thiophene rings is 1. The molecule has 2 nitrogen and oxygen atoms in total. The van der Waals surface area contributed by atoms with Gasteiger partial charge in [0, 0.05) is 10.9 Å². The van der Waals surface area contributed by atoms with Gasteiger partial charge < -0.3 is 10.8 Å². The summed E-state index contributed by atoms with van der Waals surface area (Å²) in [5, 5.41) is 11.8. The Hall–Kier alpha value is -0.380. The third-order valence-electron chi connectivity index (χ3n) is 1.98. The highest BCUT2D eigenvalue weighted by atomic mass is 32.1. The van der Waals surface area contributed by atoms with Gasteiger partial charge in [-0.25, -0.2) is 0 Å². The number of hydrogen-bond acceptors (Lipinski definition) is 3. The van der Waals surface area contributed by atoms with E-state index in [4.69, 9.17) is 5.73 Å². The van der Waals surface area contributed by atoms with Crippen LogP contribution in [0.3, 0.4) is 0 Å². The largest absolute Gasteiger partial charge is 0.386 e. The fraction of sp³-hybridized carbons (Fsp3) is 0.600. The van der Waals surface area contributed by atoms with Gasteiger partial charge in [-0.2, -0.15) is 0 Å². The summed E-state index contributed by atoms with van der Waals surface area (Å²) >= 11 is 1.56. The molecule has 0 spiro atoms. The first kappa shape index (κ1) is 10.7. The van der Waals surface area contributed by atoms with Crippen LogP contribution in [0.2, 0.25) is 0 Å². The fourth-order valence-electron chi connectivity index (χ4n) is 1.34. The molecule has 1 aromatic rings. The number of nitrogens with two attached hydrogens (primary N) is 1. The standard InChI is InChI=1S/C10H17NOS/c1-7(2)6-8(11)10(12)9-4-3-5-13-9/h3-5,7-8,10,12H,6,11H2,1-2H3/t8?,10-/m0/s1. The SMILES string of the molecule is CC(C)CC(N)[C@H](O)c1cccs1. The van der Waals surface area contributed by atoms with Gasteiger partial charge in [0.05, 0.1) is 0 Å². The minimum Gasteiger partial charge on any atom is -0.386 e. The van der Waals surface area contributed by atoms with Gasteiger partial charge in [-0.1, -0.05) is 19.9 Å². The molecule has 0 aliphatic rings. The Balaban J connectivity index is 2.52. The molecular formula is C10H17NOS. The van der Waals surface area contributed by atoms with E-state index in [9.17, 15) is 5.11 Å². The highest BCUT2D eigenvalue weighted by molar-refractivity contribution is 7.10. The summed E-state index contributed by atoms with van der Waals surface area (Å²) < 4.78 is 0. The van der Waals surface area contributed by atoms with Gasteiger partial charge in [0.25, 0.3) is 0 Å². The molecule has 0 amide bonds. The first-order chi connectivity index (χ1) is 6.11. The van der Waals surface area contributed by atoms with Crippen LogP contribution in [0.1, 0.15) is 31.2 Å². The van der Waals surface area contributed by atoms with E-state index in [0.29, 0.717) is 5.92 Å². The molecule has 0 fully saturated rings. The predicted octanol–water partition coefficient (Wildman–Crippen LogP) is 2.15. The highest BCUT2D eigenvalue weighted by Gasteiger charge is 2.18. The van der Waals surface area contributed by atoms with Gasteiger partial charge in [0.2, 0.25) is 0 Å². The monoisotopic (exact) mass is 199 g/mol. The Labute approximate surface area is 83.4 Å². The molecule has 3 heteroatoms. The summed E-state index contributed by atoms with van der Waals surface area (Å²) in [6.07, 6.45) is 0.362. The van der Waals surface area contributed by atoms with Crippen LogP contribution in [-0.2, 0) is 0 Å². The van der Waals surface area contributed by atoms with Crippen LogP contribution in [0.15, 0.2) is 17.5 Å². The zero-order valence-corrected chi connectivity index (χ0v) is 8.92. The van der Waals surface area contributed by atoms with E-state index in [2.05, 4.69) is 13.8 Å². The molecule has 0 saturated heterocycles. The second kappa shape index (κ2) is 4.74. The molecule has 13 heavy (non-hydrogen) atoms. The molecule has 0 aliphatic carbocycles. The third kappa shape index (κ3) is 3.10. The number of aliphatic hydroxyl groups is 1. The van der Waals surface area contributed by atoms with Gasteiger partial charge >= 0.3 is 0 Å². The van der Waals surface area contributed by atoms with Crippen LogP contribution in [-0.4, -0.2) is 11.1 Å². The second-order valence-corrected chi connectivity index (χ2v) is 4.73. The number of rotatable bonds is 4. The summed E-state index contributed by atoms with van der Waals surface area (Å²) in [5.74, 6) is 0.532. The topological polar surface area (TPSA) is 46.2 Å². The Morgan fingerprint density at radius 3 is 2.69 bits per heavy atom. The van der Waals surface area contributed by atoms with Crippen molar-refractivity contribution in [2.45, 2.75) is 32.4 Å². The molecule has 0 saturated carbocycles. The van der Waals surface area contributed by atoms with Crippen LogP contribution in [0.5, 0.6) is 0 Å². The van der Waals surface area contributed by atoms with Crippen molar-refractivity contribution in [1.29, 1.82) is 0 Å². The number of aliphatic hydroxyl groups excluding tert-OH is 1. The molecule has 0 bridgehead atoms. The quantitative estimate of drug-likeness (QED) is 0.780. The fourth-order valence-corrected chi connectivity index (χ4v) is 2.13. The summed E-state index contributed by atoms with van der Waals surface area (Å²) in [5.41, 5.74) is 5.87. The molecule has 0 radical (unpaired) electrons. The Morgan fingerprint density at radius 2 is 2.23 bits per heavy atom. The minimum absolute atomic E-state index is 0.140. The minimum atomic E-state index is -0.498. The molecule has 1 rings (SSSR count). The lowest BCUT2D eigenvalue weighted by Gasteiger charge is -2.19. The normalized spacial score (nSPS) is 16.1. The van der Waals surface area contributed by atoms with Gasteiger partial charge in [-0.15, -0.1) is 11.3 Å². The molecule has 1 aromatic heterocycles. The molecular weight excluding hydrogens is 182 g/mol. The van der Waals surface area contributed by atoms with Crippen LogP contribution in [0.4, 0.5) is 0 Å². The first-order valence-electron chi connectivity index (χ1n) is 4.58. The summed E-state index contributed by atoms with van der Waals surface area (Å²) in [6, 6.07) is 3.72. The predicted molar refractivity (Wildman–Crippen MR) is 56.7 cm³/mol. The maximum atomic E-state index is 9.81. The van der Waals surface area contributed by atoms with Crippen LogP contribution in [0.25, 0.3) is 0 Å². The molecule has 1 unspecified atom stereocenters. The van der Waals surface area contributed by atoms with Crippen molar-refractivity contribution in [3.63, 3.8) is 0 Å². The molecule has 0 aliphatic heterocycles. The van der Waals surface area contributed by atoms with Crippen molar-refractivity contribution < 1.29 is 5.11 Å². The van der Waals surface area contributed by atoms with Crippen LogP contribution >= 0.6 is 11.3 Å². The average Bonchev–Trinajstić information content (AvgIpc) is 2.53. The first-order valence-corrected chi connectivity index (χ1v) is 5.46. The lowest BCUT2D eigenvalue weighted by Crippen LogP contribution is -2.29. The summed E-state index contributed by atoms with van der Waals surface area (Å²) in [7, 11) is 0.